The first-order valence-corrected chi connectivity index (χ1v) is 9.13. The normalized spacial score (nSPS) is 15.6. The predicted octanol–water partition coefficient (Wildman–Crippen LogP) is 3.85. The summed E-state index contributed by atoms with van der Waals surface area (Å²) in [5.74, 6) is -1.39. The van der Waals surface area contributed by atoms with Crippen LogP contribution in [0.1, 0.15) is 28.2 Å². The number of thiazole rings is 1. The fraction of sp³-hybridized carbons (Fsp3) is 0.389. The number of methoxy groups -OCH3 is 1. The second kappa shape index (κ2) is 7.67. The molecule has 1 aliphatic rings. The summed E-state index contributed by atoms with van der Waals surface area (Å²) < 4.78 is 45.0. The highest BCUT2D eigenvalue weighted by Gasteiger charge is 2.41. The van der Waals surface area contributed by atoms with Crippen LogP contribution in [0.2, 0.25) is 0 Å². The van der Waals surface area contributed by atoms with E-state index < -0.39 is 22.7 Å². The number of aromatic nitrogens is 1. The second-order valence-corrected chi connectivity index (χ2v) is 7.15. The summed E-state index contributed by atoms with van der Waals surface area (Å²) in [5, 5.41) is 0.149. The Bertz CT molecular complexity index is 828. The van der Waals surface area contributed by atoms with E-state index in [1.165, 1.54) is 12.0 Å². The van der Waals surface area contributed by atoms with E-state index in [1.54, 1.807) is 30.3 Å². The number of hydrogen-bond donors (Lipinski definition) is 0. The first kappa shape index (κ1) is 19.3. The molecule has 0 spiro atoms. The number of hydrogen-bond acceptors (Lipinski definition) is 5. The summed E-state index contributed by atoms with van der Waals surface area (Å²) in [4.78, 5) is 28.9. The van der Waals surface area contributed by atoms with Crippen molar-refractivity contribution < 1.29 is 27.5 Å². The number of carbonyl (C=O) groups excluding carboxylic acids is 2. The van der Waals surface area contributed by atoms with E-state index in [4.69, 9.17) is 0 Å². The first-order valence-electron chi connectivity index (χ1n) is 8.31. The van der Waals surface area contributed by atoms with Crippen molar-refractivity contribution in [3.8, 4) is 10.6 Å². The van der Waals surface area contributed by atoms with Crippen LogP contribution in [0.15, 0.2) is 30.3 Å². The second-order valence-electron chi connectivity index (χ2n) is 6.15. The zero-order valence-electron chi connectivity index (χ0n) is 14.5. The van der Waals surface area contributed by atoms with Gasteiger partial charge in [-0.15, -0.1) is 11.3 Å². The Morgan fingerprint density at radius 1 is 1.19 bits per heavy atom. The highest BCUT2D eigenvalue weighted by Crippen LogP contribution is 2.38. The molecule has 0 atom stereocenters. The molecular weight excluding hydrogens is 381 g/mol. The van der Waals surface area contributed by atoms with Crippen LogP contribution >= 0.6 is 11.3 Å². The van der Waals surface area contributed by atoms with E-state index in [9.17, 15) is 22.8 Å². The van der Waals surface area contributed by atoms with Crippen molar-refractivity contribution in [2.45, 2.75) is 19.0 Å². The zero-order chi connectivity index (χ0) is 19.6. The molecule has 0 radical (unpaired) electrons. The minimum absolute atomic E-state index is 0.149. The molecule has 144 valence electrons. The number of rotatable bonds is 3. The molecule has 0 saturated carbocycles. The van der Waals surface area contributed by atoms with Gasteiger partial charge < -0.3 is 9.64 Å². The predicted molar refractivity (Wildman–Crippen MR) is 93.2 cm³/mol. The average Bonchev–Trinajstić information content (AvgIpc) is 3.13. The van der Waals surface area contributed by atoms with Crippen molar-refractivity contribution in [3.05, 3.63) is 40.9 Å². The molecule has 2 aromatic rings. The van der Waals surface area contributed by atoms with Gasteiger partial charge in [0.05, 0.1) is 13.0 Å². The Balaban J connectivity index is 1.86. The molecule has 0 bridgehead atoms. The Morgan fingerprint density at radius 3 is 2.37 bits per heavy atom. The van der Waals surface area contributed by atoms with Crippen molar-refractivity contribution in [2.75, 3.05) is 20.2 Å². The van der Waals surface area contributed by atoms with Gasteiger partial charge in [0.2, 0.25) is 0 Å². The number of likely N-dealkylation sites (tertiary alicyclic amines) is 1. The van der Waals surface area contributed by atoms with Gasteiger partial charge in [0.15, 0.2) is 5.69 Å². The highest BCUT2D eigenvalue weighted by atomic mass is 32.1. The lowest BCUT2D eigenvalue weighted by molar-refractivity contribution is -0.146. The zero-order valence-corrected chi connectivity index (χ0v) is 15.3. The number of ether oxygens (including phenoxy) is 1. The molecule has 0 N–H and O–H groups in total. The van der Waals surface area contributed by atoms with E-state index in [-0.39, 0.29) is 30.0 Å². The van der Waals surface area contributed by atoms with Crippen LogP contribution in [0.3, 0.4) is 0 Å². The summed E-state index contributed by atoms with van der Waals surface area (Å²) in [6, 6.07) is 8.44. The van der Waals surface area contributed by atoms with Crippen molar-refractivity contribution in [3.63, 3.8) is 0 Å². The SMILES string of the molecule is COC(=O)C1CCN(C(=O)c2sc(-c3ccccc3)nc2C(F)(F)F)CC1. The molecule has 1 saturated heterocycles. The third kappa shape index (κ3) is 4.13. The molecule has 2 heterocycles. The number of esters is 1. The monoisotopic (exact) mass is 398 g/mol. The smallest absolute Gasteiger partial charge is 0.435 e. The summed E-state index contributed by atoms with van der Waals surface area (Å²) >= 11 is 0.739. The molecule has 27 heavy (non-hydrogen) atoms. The van der Waals surface area contributed by atoms with E-state index in [0.717, 1.165) is 11.3 Å². The van der Waals surface area contributed by atoms with E-state index in [2.05, 4.69) is 9.72 Å². The summed E-state index contributed by atoms with van der Waals surface area (Å²) in [6.07, 6.45) is -3.99. The number of alkyl halides is 3. The molecule has 5 nitrogen and oxygen atoms in total. The van der Waals surface area contributed by atoms with Crippen LogP contribution in [-0.4, -0.2) is 42.0 Å². The van der Waals surface area contributed by atoms with Crippen LogP contribution in [0.25, 0.3) is 10.6 Å². The van der Waals surface area contributed by atoms with Gasteiger partial charge in [-0.3, -0.25) is 9.59 Å². The van der Waals surface area contributed by atoms with Crippen LogP contribution in [-0.2, 0) is 15.7 Å². The summed E-state index contributed by atoms with van der Waals surface area (Å²) in [5.41, 5.74) is -0.636. The van der Waals surface area contributed by atoms with Gasteiger partial charge in [-0.05, 0) is 12.8 Å². The molecule has 1 aliphatic heterocycles. The van der Waals surface area contributed by atoms with Crippen LogP contribution in [0, 0.1) is 5.92 Å². The van der Waals surface area contributed by atoms with Gasteiger partial charge in [0.1, 0.15) is 9.88 Å². The third-order valence-corrected chi connectivity index (χ3v) is 5.52. The number of amides is 1. The lowest BCUT2D eigenvalue weighted by Crippen LogP contribution is -2.40. The van der Waals surface area contributed by atoms with Gasteiger partial charge in [0.25, 0.3) is 5.91 Å². The number of carbonyl (C=O) groups is 2. The fourth-order valence-electron chi connectivity index (χ4n) is 2.99. The van der Waals surface area contributed by atoms with E-state index in [1.807, 2.05) is 0 Å². The number of halogens is 3. The van der Waals surface area contributed by atoms with Crippen LogP contribution in [0.4, 0.5) is 13.2 Å². The van der Waals surface area contributed by atoms with Crippen molar-refractivity contribution in [1.82, 2.24) is 9.88 Å². The minimum atomic E-state index is -4.72. The van der Waals surface area contributed by atoms with E-state index >= 15 is 0 Å². The lowest BCUT2D eigenvalue weighted by Gasteiger charge is -2.30. The Morgan fingerprint density at radius 2 is 1.81 bits per heavy atom. The molecule has 1 amide bonds. The maximum absolute atomic E-state index is 13.4. The first-order chi connectivity index (χ1) is 12.8. The minimum Gasteiger partial charge on any atom is -0.469 e. The topological polar surface area (TPSA) is 59.5 Å². The molecule has 0 aliphatic carbocycles. The summed E-state index contributed by atoms with van der Waals surface area (Å²) in [6.45, 7) is 0.406. The molecule has 1 aromatic heterocycles. The van der Waals surface area contributed by atoms with Crippen molar-refractivity contribution >= 4 is 23.2 Å². The largest absolute Gasteiger partial charge is 0.469 e. The average molecular weight is 398 g/mol. The quantitative estimate of drug-likeness (QED) is 0.737. The Labute approximate surface area is 157 Å². The van der Waals surface area contributed by atoms with Crippen LogP contribution < -0.4 is 0 Å². The van der Waals surface area contributed by atoms with Crippen LogP contribution in [0.5, 0.6) is 0 Å². The molecule has 3 rings (SSSR count). The van der Waals surface area contributed by atoms with E-state index in [0.29, 0.717) is 18.4 Å². The lowest BCUT2D eigenvalue weighted by atomic mass is 9.97. The standard InChI is InChI=1S/C18H17F3N2O3S/c1-26-17(25)12-7-9-23(10-8-12)16(24)13-14(18(19,20)21)22-15(27-13)11-5-3-2-4-6-11/h2-6,12H,7-10H2,1H3. The fourth-order valence-corrected chi connectivity index (χ4v) is 4.05. The summed E-state index contributed by atoms with van der Waals surface area (Å²) in [7, 11) is 1.29. The van der Waals surface area contributed by atoms with Gasteiger partial charge in [-0.25, -0.2) is 4.98 Å². The highest BCUT2D eigenvalue weighted by molar-refractivity contribution is 7.17. The van der Waals surface area contributed by atoms with Gasteiger partial charge in [-0.2, -0.15) is 13.2 Å². The number of nitrogens with zero attached hydrogens (tertiary/aromatic N) is 2. The Hall–Kier alpha value is -2.42. The van der Waals surface area contributed by atoms with Crippen molar-refractivity contribution in [1.29, 1.82) is 0 Å². The third-order valence-electron chi connectivity index (χ3n) is 4.43. The molecule has 0 unspecified atom stereocenters. The maximum Gasteiger partial charge on any atom is 0.435 e. The van der Waals surface area contributed by atoms with Gasteiger partial charge in [0, 0.05) is 18.7 Å². The molecular formula is C18H17F3N2O3S. The van der Waals surface area contributed by atoms with Gasteiger partial charge in [-0.1, -0.05) is 30.3 Å². The molecule has 1 aromatic carbocycles. The van der Waals surface area contributed by atoms with Crippen molar-refractivity contribution in [2.24, 2.45) is 5.92 Å². The number of piperidine rings is 1. The number of benzene rings is 1. The Kier molecular flexibility index (Phi) is 5.50. The van der Waals surface area contributed by atoms with Gasteiger partial charge >= 0.3 is 12.1 Å². The molecule has 9 heteroatoms. The molecule has 1 fully saturated rings. The maximum atomic E-state index is 13.4.